The number of anilines is 1. The molecule has 4 amide bonds. The predicted octanol–water partition coefficient (Wildman–Crippen LogP) is 1.40. The van der Waals surface area contributed by atoms with Gasteiger partial charge in [-0.05, 0) is 25.0 Å². The summed E-state index contributed by atoms with van der Waals surface area (Å²) in [6.45, 7) is 1.23. The number of hydrogen-bond acceptors (Lipinski definition) is 4. The molecule has 1 aromatic heterocycles. The molecule has 0 atom stereocenters. The quantitative estimate of drug-likeness (QED) is 0.795. The number of likely N-dealkylation sites (N-methyl/N-ethyl adjacent to an activating group) is 1. The number of carbonyl (C=O) groups is 3. The Kier molecular flexibility index (Phi) is 6.48. The second kappa shape index (κ2) is 9.22. The fourth-order valence-corrected chi connectivity index (χ4v) is 3.08. The standard InChI is InChI=1S/C20H26N6O3/c1-24(2)18(27)14-26-13-17(12-21-26)23-20(29)25-10-8-16(9-11-25)22-19(28)15-6-4-3-5-7-15/h3-7,12-13,16H,8-11,14H2,1-2H3,(H,22,28)(H,23,29). The smallest absolute Gasteiger partial charge is 0.321 e. The van der Waals surface area contributed by atoms with E-state index in [1.165, 1.54) is 15.8 Å². The SMILES string of the molecule is CN(C)C(=O)Cn1cc(NC(=O)N2CCC(NC(=O)c3ccccc3)CC2)cn1. The lowest BCUT2D eigenvalue weighted by Crippen LogP contribution is -2.47. The fraction of sp³-hybridized carbons (Fsp3) is 0.400. The average Bonchev–Trinajstić information content (AvgIpc) is 3.15. The highest BCUT2D eigenvalue weighted by Gasteiger charge is 2.24. The van der Waals surface area contributed by atoms with Gasteiger partial charge in [0.05, 0.1) is 11.9 Å². The van der Waals surface area contributed by atoms with Gasteiger partial charge in [0.1, 0.15) is 6.54 Å². The summed E-state index contributed by atoms with van der Waals surface area (Å²) in [7, 11) is 3.36. The van der Waals surface area contributed by atoms with Crippen molar-refractivity contribution >= 4 is 23.5 Å². The number of amides is 4. The minimum Gasteiger partial charge on any atom is -0.349 e. The molecule has 1 aliphatic rings. The fourth-order valence-electron chi connectivity index (χ4n) is 3.08. The number of likely N-dealkylation sites (tertiary alicyclic amines) is 1. The van der Waals surface area contributed by atoms with Gasteiger partial charge in [0, 0.05) is 45.0 Å². The number of hydrogen-bond donors (Lipinski definition) is 2. The van der Waals surface area contributed by atoms with Crippen LogP contribution < -0.4 is 10.6 Å². The zero-order chi connectivity index (χ0) is 20.8. The molecule has 154 valence electrons. The Labute approximate surface area is 169 Å². The number of nitrogens with one attached hydrogen (secondary N) is 2. The van der Waals surface area contributed by atoms with E-state index in [2.05, 4.69) is 15.7 Å². The third-order valence-corrected chi connectivity index (χ3v) is 4.83. The summed E-state index contributed by atoms with van der Waals surface area (Å²) in [5.74, 6) is -0.168. The van der Waals surface area contributed by atoms with Crippen molar-refractivity contribution in [2.75, 3.05) is 32.5 Å². The molecule has 0 bridgehead atoms. The molecule has 2 N–H and O–H groups in total. The third kappa shape index (κ3) is 5.56. The first kappa shape index (κ1) is 20.4. The normalized spacial score (nSPS) is 14.3. The topological polar surface area (TPSA) is 99.6 Å². The molecule has 9 heteroatoms. The van der Waals surface area contributed by atoms with Crippen LogP contribution in [-0.4, -0.2) is 70.7 Å². The first-order valence-electron chi connectivity index (χ1n) is 9.57. The number of rotatable bonds is 5. The van der Waals surface area contributed by atoms with Gasteiger partial charge in [-0.15, -0.1) is 0 Å². The van der Waals surface area contributed by atoms with Crippen LogP contribution in [0.15, 0.2) is 42.7 Å². The molecule has 9 nitrogen and oxygen atoms in total. The van der Waals surface area contributed by atoms with Crippen LogP contribution in [0.5, 0.6) is 0 Å². The molecular weight excluding hydrogens is 372 g/mol. The van der Waals surface area contributed by atoms with E-state index in [-0.39, 0.29) is 30.4 Å². The van der Waals surface area contributed by atoms with Crippen molar-refractivity contribution in [3.63, 3.8) is 0 Å². The van der Waals surface area contributed by atoms with Crippen LogP contribution in [0.1, 0.15) is 23.2 Å². The van der Waals surface area contributed by atoms with E-state index in [1.54, 1.807) is 37.3 Å². The Bertz CT molecular complexity index is 856. The van der Waals surface area contributed by atoms with Crippen molar-refractivity contribution in [2.24, 2.45) is 0 Å². The average molecular weight is 398 g/mol. The molecule has 1 aliphatic heterocycles. The van der Waals surface area contributed by atoms with Crippen LogP contribution in [0.2, 0.25) is 0 Å². The van der Waals surface area contributed by atoms with Crippen LogP contribution in [0.4, 0.5) is 10.5 Å². The molecule has 1 fully saturated rings. The van der Waals surface area contributed by atoms with Gasteiger partial charge < -0.3 is 20.4 Å². The van der Waals surface area contributed by atoms with Crippen LogP contribution in [0.3, 0.4) is 0 Å². The molecule has 3 rings (SSSR count). The first-order valence-corrected chi connectivity index (χ1v) is 9.57. The van der Waals surface area contributed by atoms with Gasteiger partial charge in [0.2, 0.25) is 5.91 Å². The lowest BCUT2D eigenvalue weighted by atomic mass is 10.0. The molecule has 1 saturated heterocycles. The molecule has 0 aliphatic carbocycles. The summed E-state index contributed by atoms with van der Waals surface area (Å²) in [6.07, 6.45) is 4.55. The highest BCUT2D eigenvalue weighted by Crippen LogP contribution is 2.14. The summed E-state index contributed by atoms with van der Waals surface area (Å²) in [5.41, 5.74) is 1.18. The van der Waals surface area contributed by atoms with Gasteiger partial charge in [-0.3, -0.25) is 14.3 Å². The van der Waals surface area contributed by atoms with Crippen molar-refractivity contribution in [2.45, 2.75) is 25.4 Å². The third-order valence-electron chi connectivity index (χ3n) is 4.83. The van der Waals surface area contributed by atoms with Crippen molar-refractivity contribution in [1.29, 1.82) is 0 Å². The summed E-state index contributed by atoms with van der Waals surface area (Å²) >= 11 is 0. The maximum absolute atomic E-state index is 12.5. The molecule has 0 unspecified atom stereocenters. The monoisotopic (exact) mass is 398 g/mol. The second-order valence-corrected chi connectivity index (χ2v) is 7.25. The van der Waals surface area contributed by atoms with Crippen molar-refractivity contribution in [3.05, 3.63) is 48.3 Å². The first-order chi connectivity index (χ1) is 13.9. The van der Waals surface area contributed by atoms with E-state index >= 15 is 0 Å². The van der Waals surface area contributed by atoms with E-state index in [0.29, 0.717) is 37.2 Å². The maximum atomic E-state index is 12.5. The molecule has 1 aromatic carbocycles. The van der Waals surface area contributed by atoms with E-state index < -0.39 is 0 Å². The Balaban J connectivity index is 1.45. The Hall–Kier alpha value is -3.36. The van der Waals surface area contributed by atoms with E-state index in [1.807, 2.05) is 18.2 Å². The Morgan fingerprint density at radius 2 is 1.83 bits per heavy atom. The van der Waals surface area contributed by atoms with Gasteiger partial charge in [-0.25, -0.2) is 4.79 Å². The van der Waals surface area contributed by atoms with Crippen LogP contribution >= 0.6 is 0 Å². The van der Waals surface area contributed by atoms with Gasteiger partial charge in [-0.1, -0.05) is 18.2 Å². The lowest BCUT2D eigenvalue weighted by Gasteiger charge is -2.32. The summed E-state index contributed by atoms with van der Waals surface area (Å²) < 4.78 is 1.49. The molecule has 2 aromatic rings. The predicted molar refractivity (Wildman–Crippen MR) is 108 cm³/mol. The van der Waals surface area contributed by atoms with E-state index in [4.69, 9.17) is 0 Å². The number of piperidine rings is 1. The highest BCUT2D eigenvalue weighted by atomic mass is 16.2. The molecule has 2 heterocycles. The van der Waals surface area contributed by atoms with Gasteiger partial charge in [0.15, 0.2) is 0 Å². The number of aromatic nitrogens is 2. The minimum absolute atomic E-state index is 0.0477. The molecule has 29 heavy (non-hydrogen) atoms. The summed E-state index contributed by atoms with van der Waals surface area (Å²) in [6, 6.07) is 8.94. The highest BCUT2D eigenvalue weighted by molar-refractivity contribution is 5.94. The second-order valence-electron chi connectivity index (χ2n) is 7.25. The van der Waals surface area contributed by atoms with Gasteiger partial charge in [0.25, 0.3) is 5.91 Å². The van der Waals surface area contributed by atoms with Crippen LogP contribution in [-0.2, 0) is 11.3 Å². The molecule has 0 radical (unpaired) electrons. The number of urea groups is 1. The zero-order valence-electron chi connectivity index (χ0n) is 16.7. The van der Waals surface area contributed by atoms with Gasteiger partial charge >= 0.3 is 6.03 Å². The summed E-state index contributed by atoms with van der Waals surface area (Å²) in [4.78, 5) is 39.7. The molecular formula is C20H26N6O3. The largest absolute Gasteiger partial charge is 0.349 e. The molecule has 0 spiro atoms. The Morgan fingerprint density at radius 3 is 2.48 bits per heavy atom. The molecule has 0 saturated carbocycles. The number of benzene rings is 1. The van der Waals surface area contributed by atoms with Crippen LogP contribution in [0.25, 0.3) is 0 Å². The minimum atomic E-state index is -0.212. The van der Waals surface area contributed by atoms with Crippen molar-refractivity contribution < 1.29 is 14.4 Å². The lowest BCUT2D eigenvalue weighted by molar-refractivity contribution is -0.129. The number of nitrogens with zero attached hydrogens (tertiary/aromatic N) is 4. The Morgan fingerprint density at radius 1 is 1.14 bits per heavy atom. The number of carbonyl (C=O) groups excluding carboxylic acids is 3. The maximum Gasteiger partial charge on any atom is 0.321 e. The van der Waals surface area contributed by atoms with E-state index in [0.717, 1.165) is 0 Å². The van der Waals surface area contributed by atoms with Crippen molar-refractivity contribution in [1.82, 2.24) is 24.9 Å². The van der Waals surface area contributed by atoms with Gasteiger partial charge in [-0.2, -0.15) is 5.10 Å². The summed E-state index contributed by atoms with van der Waals surface area (Å²) in [5, 5.41) is 9.93. The van der Waals surface area contributed by atoms with Crippen molar-refractivity contribution in [3.8, 4) is 0 Å². The zero-order valence-corrected chi connectivity index (χ0v) is 16.7. The van der Waals surface area contributed by atoms with E-state index in [9.17, 15) is 14.4 Å². The van der Waals surface area contributed by atoms with Crippen LogP contribution in [0, 0.1) is 0 Å².